The Bertz CT molecular complexity index is 893. The Hall–Kier alpha value is -3.15. The fourth-order valence-electron chi connectivity index (χ4n) is 2.57. The van der Waals surface area contributed by atoms with Crippen LogP contribution in [0.4, 0.5) is 4.39 Å². The van der Waals surface area contributed by atoms with E-state index in [-0.39, 0.29) is 11.6 Å². The Labute approximate surface area is 144 Å². The lowest BCUT2D eigenvalue weighted by Crippen LogP contribution is -2.30. The molecule has 3 rings (SSSR count). The van der Waals surface area contributed by atoms with Gasteiger partial charge in [-0.05, 0) is 25.1 Å². The highest BCUT2D eigenvalue weighted by molar-refractivity contribution is 5.96. The van der Waals surface area contributed by atoms with Gasteiger partial charge in [-0.1, -0.05) is 36.4 Å². The van der Waals surface area contributed by atoms with E-state index in [1.165, 1.54) is 17.0 Å². The number of aromatic hydroxyl groups is 1. The first-order valence-electron chi connectivity index (χ1n) is 7.84. The summed E-state index contributed by atoms with van der Waals surface area (Å²) < 4.78 is 13.5. The Morgan fingerprint density at radius 2 is 1.92 bits per heavy atom. The van der Waals surface area contributed by atoms with E-state index in [4.69, 9.17) is 0 Å². The second kappa shape index (κ2) is 6.76. The molecule has 3 aromatic rings. The number of aromatic nitrogens is 2. The van der Waals surface area contributed by atoms with Gasteiger partial charge in [0.25, 0.3) is 5.91 Å². The zero-order valence-corrected chi connectivity index (χ0v) is 13.9. The molecule has 1 unspecified atom stereocenters. The molecule has 0 aliphatic heterocycles. The minimum Gasteiger partial charge on any atom is -0.504 e. The highest BCUT2D eigenvalue weighted by Crippen LogP contribution is 2.27. The van der Waals surface area contributed by atoms with Crippen molar-refractivity contribution in [1.82, 2.24) is 15.1 Å². The SMILES string of the molecule is CC(c1cc(-c2ccccc2)n[nH]1)N(C)C(=O)c1cccc(F)c1O. The van der Waals surface area contributed by atoms with Crippen molar-refractivity contribution in [3.63, 3.8) is 0 Å². The highest BCUT2D eigenvalue weighted by atomic mass is 19.1. The van der Waals surface area contributed by atoms with Crippen molar-refractivity contribution in [2.75, 3.05) is 7.05 Å². The molecule has 0 fully saturated rings. The molecule has 1 aromatic heterocycles. The molecule has 0 bridgehead atoms. The lowest BCUT2D eigenvalue weighted by Gasteiger charge is -2.24. The number of para-hydroxylation sites is 1. The monoisotopic (exact) mass is 339 g/mol. The highest BCUT2D eigenvalue weighted by Gasteiger charge is 2.24. The van der Waals surface area contributed by atoms with Gasteiger partial charge in [-0.15, -0.1) is 0 Å². The number of amides is 1. The number of hydrogen-bond acceptors (Lipinski definition) is 3. The molecule has 25 heavy (non-hydrogen) atoms. The number of H-pyrrole nitrogens is 1. The predicted octanol–water partition coefficient (Wildman–Crippen LogP) is 3.75. The van der Waals surface area contributed by atoms with Crippen molar-refractivity contribution in [3.8, 4) is 17.0 Å². The Balaban J connectivity index is 1.83. The third kappa shape index (κ3) is 3.24. The van der Waals surface area contributed by atoms with E-state index in [1.54, 1.807) is 7.05 Å². The first-order chi connectivity index (χ1) is 12.0. The van der Waals surface area contributed by atoms with Crippen LogP contribution in [0, 0.1) is 5.82 Å². The van der Waals surface area contributed by atoms with E-state index in [0.717, 1.165) is 23.0 Å². The van der Waals surface area contributed by atoms with E-state index in [0.29, 0.717) is 0 Å². The second-order valence-corrected chi connectivity index (χ2v) is 5.80. The molecule has 6 heteroatoms. The van der Waals surface area contributed by atoms with Gasteiger partial charge in [0.15, 0.2) is 11.6 Å². The van der Waals surface area contributed by atoms with Crippen LogP contribution < -0.4 is 0 Å². The van der Waals surface area contributed by atoms with Gasteiger partial charge in [-0.3, -0.25) is 9.89 Å². The molecular weight excluding hydrogens is 321 g/mol. The molecule has 1 heterocycles. The molecule has 2 N–H and O–H groups in total. The number of carbonyl (C=O) groups is 1. The summed E-state index contributed by atoms with van der Waals surface area (Å²) in [7, 11) is 1.60. The van der Waals surface area contributed by atoms with E-state index >= 15 is 0 Å². The van der Waals surface area contributed by atoms with Crippen molar-refractivity contribution in [2.45, 2.75) is 13.0 Å². The molecule has 0 saturated heterocycles. The van der Waals surface area contributed by atoms with Crippen LogP contribution in [-0.4, -0.2) is 33.2 Å². The minimum atomic E-state index is -0.820. The Kier molecular flexibility index (Phi) is 4.52. The van der Waals surface area contributed by atoms with Crippen molar-refractivity contribution in [1.29, 1.82) is 0 Å². The number of hydrogen-bond donors (Lipinski definition) is 2. The number of aromatic amines is 1. The Morgan fingerprint density at radius 1 is 1.20 bits per heavy atom. The summed E-state index contributed by atoms with van der Waals surface area (Å²) in [5.74, 6) is -1.93. The van der Waals surface area contributed by atoms with Crippen molar-refractivity contribution < 1.29 is 14.3 Å². The minimum absolute atomic E-state index is 0.0721. The largest absolute Gasteiger partial charge is 0.504 e. The molecular formula is C19H18FN3O2. The van der Waals surface area contributed by atoms with Gasteiger partial charge in [-0.25, -0.2) is 4.39 Å². The third-order valence-corrected chi connectivity index (χ3v) is 4.24. The van der Waals surface area contributed by atoms with Gasteiger partial charge >= 0.3 is 0 Å². The topological polar surface area (TPSA) is 69.2 Å². The molecule has 2 aromatic carbocycles. The maximum Gasteiger partial charge on any atom is 0.258 e. The van der Waals surface area contributed by atoms with Crippen LogP contribution in [0.15, 0.2) is 54.6 Å². The fraction of sp³-hybridized carbons (Fsp3) is 0.158. The first kappa shape index (κ1) is 16.7. The molecule has 0 spiro atoms. The maximum absolute atomic E-state index is 13.5. The smallest absolute Gasteiger partial charge is 0.258 e. The maximum atomic E-state index is 13.5. The van der Waals surface area contributed by atoms with Crippen LogP contribution in [0.1, 0.15) is 29.0 Å². The number of rotatable bonds is 4. The van der Waals surface area contributed by atoms with Gasteiger partial charge in [-0.2, -0.15) is 5.10 Å². The van der Waals surface area contributed by atoms with Crippen molar-refractivity contribution in [3.05, 3.63) is 71.7 Å². The zero-order chi connectivity index (χ0) is 18.0. The van der Waals surface area contributed by atoms with Gasteiger partial charge in [0.1, 0.15) is 0 Å². The lowest BCUT2D eigenvalue weighted by molar-refractivity contribution is 0.0736. The number of benzene rings is 2. The summed E-state index contributed by atoms with van der Waals surface area (Å²) >= 11 is 0. The van der Waals surface area contributed by atoms with Crippen LogP contribution in [0.3, 0.4) is 0 Å². The van der Waals surface area contributed by atoms with Gasteiger partial charge in [0.2, 0.25) is 0 Å². The Morgan fingerprint density at radius 3 is 2.64 bits per heavy atom. The second-order valence-electron chi connectivity index (χ2n) is 5.80. The number of nitrogens with zero attached hydrogens (tertiary/aromatic N) is 2. The third-order valence-electron chi connectivity index (χ3n) is 4.24. The quantitative estimate of drug-likeness (QED) is 0.760. The summed E-state index contributed by atoms with van der Waals surface area (Å²) in [5.41, 5.74) is 2.41. The molecule has 0 aliphatic carbocycles. The summed E-state index contributed by atoms with van der Waals surface area (Å²) in [6.07, 6.45) is 0. The van der Waals surface area contributed by atoms with E-state index in [1.807, 2.05) is 43.3 Å². The molecule has 1 atom stereocenters. The van der Waals surface area contributed by atoms with Gasteiger partial charge in [0.05, 0.1) is 23.0 Å². The molecule has 0 saturated carbocycles. The number of phenols is 1. The molecule has 128 valence electrons. The number of carbonyl (C=O) groups excluding carboxylic acids is 1. The van der Waals surface area contributed by atoms with Crippen molar-refractivity contribution in [2.24, 2.45) is 0 Å². The van der Waals surface area contributed by atoms with Gasteiger partial charge in [0, 0.05) is 12.6 Å². The van der Waals surface area contributed by atoms with Crippen LogP contribution in [0.25, 0.3) is 11.3 Å². The van der Waals surface area contributed by atoms with Crippen LogP contribution in [0.2, 0.25) is 0 Å². The number of phenolic OH excluding ortho intramolecular Hbond substituents is 1. The molecule has 1 amide bonds. The zero-order valence-electron chi connectivity index (χ0n) is 13.9. The van der Waals surface area contributed by atoms with Gasteiger partial charge < -0.3 is 10.0 Å². The molecule has 5 nitrogen and oxygen atoms in total. The average Bonchev–Trinajstić information content (AvgIpc) is 3.13. The summed E-state index contributed by atoms with van der Waals surface area (Å²) in [6.45, 7) is 1.83. The molecule has 0 radical (unpaired) electrons. The van der Waals surface area contributed by atoms with E-state index < -0.39 is 17.5 Å². The first-order valence-corrected chi connectivity index (χ1v) is 7.84. The summed E-state index contributed by atoms with van der Waals surface area (Å²) in [5, 5.41) is 17.0. The fourth-order valence-corrected chi connectivity index (χ4v) is 2.57. The van der Waals surface area contributed by atoms with Crippen molar-refractivity contribution >= 4 is 5.91 Å². The predicted molar refractivity (Wildman–Crippen MR) is 92.6 cm³/mol. The summed E-state index contributed by atoms with van der Waals surface area (Å²) in [6, 6.07) is 15.1. The van der Waals surface area contributed by atoms with E-state index in [2.05, 4.69) is 10.2 Å². The number of halogens is 1. The standard InChI is InChI=1S/C19H18FN3O2/c1-12(16-11-17(22-21-16)13-7-4-3-5-8-13)23(2)19(25)14-9-6-10-15(20)18(14)24/h3-12,24H,1-2H3,(H,21,22). The van der Waals surface area contributed by atoms with E-state index in [9.17, 15) is 14.3 Å². The molecule has 0 aliphatic rings. The van der Waals surface area contributed by atoms with Crippen LogP contribution in [0.5, 0.6) is 5.75 Å². The van der Waals surface area contributed by atoms with Crippen LogP contribution in [-0.2, 0) is 0 Å². The summed E-state index contributed by atoms with van der Waals surface area (Å²) in [4.78, 5) is 14.0. The lowest BCUT2D eigenvalue weighted by atomic mass is 10.1. The van der Waals surface area contributed by atoms with Crippen LogP contribution >= 0.6 is 0 Å². The average molecular weight is 339 g/mol. The normalized spacial score (nSPS) is 12.0. The number of nitrogens with one attached hydrogen (secondary N) is 1.